The summed E-state index contributed by atoms with van der Waals surface area (Å²) in [6.45, 7) is 3.27. The van der Waals surface area contributed by atoms with E-state index >= 15 is 0 Å². The lowest BCUT2D eigenvalue weighted by Gasteiger charge is -2.31. The van der Waals surface area contributed by atoms with Crippen molar-refractivity contribution in [2.45, 2.75) is 26.3 Å². The first-order chi connectivity index (χ1) is 10.1. The van der Waals surface area contributed by atoms with Crippen molar-refractivity contribution in [3.63, 3.8) is 0 Å². The number of amides is 2. The van der Waals surface area contributed by atoms with E-state index in [0.717, 1.165) is 30.7 Å². The van der Waals surface area contributed by atoms with Crippen molar-refractivity contribution in [1.82, 2.24) is 10.2 Å². The minimum Gasteiger partial charge on any atom is -0.496 e. The summed E-state index contributed by atoms with van der Waals surface area (Å²) in [5, 5.41) is 2.95. The summed E-state index contributed by atoms with van der Waals surface area (Å²) in [5.41, 5.74) is 0.951. The Kier molecular flexibility index (Phi) is 5.20. The van der Waals surface area contributed by atoms with Crippen molar-refractivity contribution >= 4 is 11.8 Å². The van der Waals surface area contributed by atoms with Crippen LogP contribution in [0.25, 0.3) is 0 Å². The maximum Gasteiger partial charge on any atom is 0.225 e. The van der Waals surface area contributed by atoms with Gasteiger partial charge in [0.25, 0.3) is 0 Å². The molecule has 1 aromatic rings. The van der Waals surface area contributed by atoms with Crippen molar-refractivity contribution < 1.29 is 14.3 Å². The van der Waals surface area contributed by atoms with Gasteiger partial charge in [-0.2, -0.15) is 0 Å². The summed E-state index contributed by atoms with van der Waals surface area (Å²) in [4.78, 5) is 25.4. The van der Waals surface area contributed by atoms with Crippen molar-refractivity contribution in [2.75, 3.05) is 20.2 Å². The molecule has 1 fully saturated rings. The molecule has 21 heavy (non-hydrogen) atoms. The normalized spacial score (nSPS) is 18.2. The second-order valence-electron chi connectivity index (χ2n) is 5.33. The molecule has 5 heteroatoms. The fraction of sp³-hybridized carbons (Fsp3) is 0.500. The number of carbonyl (C=O) groups excluding carboxylic acids is 2. The van der Waals surface area contributed by atoms with Crippen LogP contribution in [0.4, 0.5) is 0 Å². The van der Waals surface area contributed by atoms with Crippen LogP contribution in [0, 0.1) is 5.92 Å². The number of hydrogen-bond acceptors (Lipinski definition) is 3. The van der Waals surface area contributed by atoms with E-state index in [1.807, 2.05) is 24.3 Å². The molecule has 0 unspecified atom stereocenters. The first-order valence-corrected chi connectivity index (χ1v) is 7.27. The monoisotopic (exact) mass is 290 g/mol. The number of nitrogens with zero attached hydrogens (tertiary/aromatic N) is 1. The minimum absolute atomic E-state index is 0.00635. The maximum absolute atomic E-state index is 12.2. The van der Waals surface area contributed by atoms with Gasteiger partial charge in [-0.15, -0.1) is 0 Å². The van der Waals surface area contributed by atoms with Crippen molar-refractivity contribution in [3.8, 4) is 5.75 Å². The lowest BCUT2D eigenvalue weighted by molar-refractivity contribution is -0.134. The van der Waals surface area contributed by atoms with Crippen LogP contribution >= 0.6 is 0 Å². The van der Waals surface area contributed by atoms with Gasteiger partial charge in [0.15, 0.2) is 0 Å². The minimum atomic E-state index is -0.114. The Hall–Kier alpha value is -2.04. The second-order valence-corrected chi connectivity index (χ2v) is 5.33. The molecule has 1 aromatic carbocycles. The maximum atomic E-state index is 12.2. The van der Waals surface area contributed by atoms with Crippen LogP contribution in [-0.4, -0.2) is 36.9 Å². The quantitative estimate of drug-likeness (QED) is 0.915. The van der Waals surface area contributed by atoms with E-state index in [2.05, 4.69) is 5.32 Å². The Morgan fingerprint density at radius 1 is 1.38 bits per heavy atom. The van der Waals surface area contributed by atoms with E-state index < -0.39 is 0 Å². The fourth-order valence-corrected chi connectivity index (χ4v) is 2.65. The lowest BCUT2D eigenvalue weighted by Crippen LogP contribution is -2.44. The summed E-state index contributed by atoms with van der Waals surface area (Å²) in [7, 11) is 1.62. The molecule has 2 amide bonds. The molecular formula is C16H22N2O3. The average molecular weight is 290 g/mol. The number of benzene rings is 1. The van der Waals surface area contributed by atoms with Crippen molar-refractivity contribution in [3.05, 3.63) is 29.8 Å². The van der Waals surface area contributed by atoms with Gasteiger partial charge in [-0.05, 0) is 18.9 Å². The van der Waals surface area contributed by atoms with Gasteiger partial charge in [0.05, 0.1) is 13.0 Å². The van der Waals surface area contributed by atoms with Crippen LogP contribution < -0.4 is 10.1 Å². The molecule has 114 valence electrons. The topological polar surface area (TPSA) is 58.6 Å². The highest BCUT2D eigenvalue weighted by molar-refractivity contribution is 5.80. The van der Waals surface area contributed by atoms with Gasteiger partial charge in [-0.1, -0.05) is 18.2 Å². The summed E-state index contributed by atoms with van der Waals surface area (Å²) in [5.74, 6) is 0.702. The van der Waals surface area contributed by atoms with Gasteiger partial charge in [0.2, 0.25) is 11.8 Å². The van der Waals surface area contributed by atoms with Gasteiger partial charge in [0, 0.05) is 32.1 Å². The first-order valence-electron chi connectivity index (χ1n) is 7.27. The Morgan fingerprint density at radius 2 is 2.14 bits per heavy atom. The van der Waals surface area contributed by atoms with Crippen LogP contribution in [0.1, 0.15) is 25.3 Å². The average Bonchev–Trinajstić information content (AvgIpc) is 2.52. The summed E-state index contributed by atoms with van der Waals surface area (Å²) in [6.07, 6.45) is 1.72. The Balaban J connectivity index is 1.91. The number of para-hydroxylation sites is 1. The van der Waals surface area contributed by atoms with Gasteiger partial charge in [0.1, 0.15) is 5.75 Å². The first kappa shape index (κ1) is 15.4. The van der Waals surface area contributed by atoms with Gasteiger partial charge in [-0.25, -0.2) is 0 Å². The fourth-order valence-electron chi connectivity index (χ4n) is 2.65. The molecule has 1 aliphatic rings. The standard InChI is InChI=1S/C16H22N2O3/c1-12(19)18-9-5-7-14(11-18)16(20)17-10-13-6-3-4-8-15(13)21-2/h3-4,6,8,14H,5,7,9-11H2,1-2H3,(H,17,20)/t14-/m0/s1. The van der Waals surface area contributed by atoms with Crippen LogP contribution in [-0.2, 0) is 16.1 Å². The van der Waals surface area contributed by atoms with Gasteiger partial charge < -0.3 is 15.0 Å². The SMILES string of the molecule is COc1ccccc1CNC(=O)[C@H]1CCCN(C(C)=O)C1. The Labute approximate surface area is 125 Å². The largest absolute Gasteiger partial charge is 0.496 e. The number of rotatable bonds is 4. The zero-order chi connectivity index (χ0) is 15.2. The summed E-state index contributed by atoms with van der Waals surface area (Å²) >= 11 is 0. The number of piperidine rings is 1. The van der Waals surface area contributed by atoms with E-state index in [-0.39, 0.29) is 17.7 Å². The highest BCUT2D eigenvalue weighted by Crippen LogP contribution is 2.19. The number of likely N-dealkylation sites (tertiary alicyclic amines) is 1. The zero-order valence-electron chi connectivity index (χ0n) is 12.6. The van der Waals surface area contributed by atoms with Gasteiger partial charge >= 0.3 is 0 Å². The second kappa shape index (κ2) is 7.11. The molecule has 5 nitrogen and oxygen atoms in total. The van der Waals surface area contributed by atoms with Crippen LogP contribution in [0.2, 0.25) is 0 Å². The Bertz CT molecular complexity index is 516. The molecular weight excluding hydrogens is 268 g/mol. The number of nitrogens with one attached hydrogen (secondary N) is 1. The van der Waals surface area contributed by atoms with Crippen molar-refractivity contribution in [1.29, 1.82) is 0 Å². The number of methoxy groups -OCH3 is 1. The molecule has 2 rings (SSSR count). The number of hydrogen-bond donors (Lipinski definition) is 1. The molecule has 0 bridgehead atoms. The van der Waals surface area contributed by atoms with Crippen LogP contribution in [0.3, 0.4) is 0 Å². The highest BCUT2D eigenvalue weighted by Gasteiger charge is 2.26. The van der Waals surface area contributed by atoms with E-state index in [1.165, 1.54) is 0 Å². The lowest BCUT2D eigenvalue weighted by atomic mass is 9.97. The van der Waals surface area contributed by atoms with Crippen LogP contribution in [0.15, 0.2) is 24.3 Å². The molecule has 1 N–H and O–H groups in total. The van der Waals surface area contributed by atoms with E-state index in [0.29, 0.717) is 13.1 Å². The third kappa shape index (κ3) is 3.97. The molecule has 0 saturated carbocycles. The Morgan fingerprint density at radius 3 is 2.86 bits per heavy atom. The molecule has 1 heterocycles. The zero-order valence-corrected chi connectivity index (χ0v) is 12.6. The van der Waals surface area contributed by atoms with Crippen LogP contribution in [0.5, 0.6) is 5.75 Å². The predicted octanol–water partition coefficient (Wildman–Crippen LogP) is 1.57. The van der Waals surface area contributed by atoms with Gasteiger partial charge in [-0.3, -0.25) is 9.59 Å². The summed E-state index contributed by atoms with van der Waals surface area (Å²) in [6, 6.07) is 7.62. The molecule has 1 atom stereocenters. The molecule has 1 saturated heterocycles. The molecule has 0 radical (unpaired) electrons. The third-order valence-corrected chi connectivity index (χ3v) is 3.88. The molecule has 0 aliphatic carbocycles. The van der Waals surface area contributed by atoms with Crippen molar-refractivity contribution in [2.24, 2.45) is 5.92 Å². The van der Waals surface area contributed by atoms with E-state index in [9.17, 15) is 9.59 Å². The number of ether oxygens (including phenoxy) is 1. The molecule has 0 spiro atoms. The van der Waals surface area contributed by atoms with E-state index in [4.69, 9.17) is 4.74 Å². The smallest absolute Gasteiger partial charge is 0.225 e. The predicted molar refractivity (Wildman–Crippen MR) is 79.8 cm³/mol. The van der Waals surface area contributed by atoms with E-state index in [1.54, 1.807) is 18.9 Å². The highest BCUT2D eigenvalue weighted by atomic mass is 16.5. The summed E-state index contributed by atoms with van der Waals surface area (Å²) < 4.78 is 5.27. The number of carbonyl (C=O) groups is 2. The molecule has 1 aliphatic heterocycles. The third-order valence-electron chi connectivity index (χ3n) is 3.88. The molecule has 0 aromatic heterocycles.